The Morgan fingerprint density at radius 3 is 2.78 bits per heavy atom. The molecule has 1 N–H and O–H groups in total. The fourth-order valence-electron chi connectivity index (χ4n) is 1.79. The standard InChI is InChI=1S/C14H14N2O2/c1-3-12-11(14(17)18)8-15-13(16-12)10-6-4-5-9(2)7-10/h4-8H,3H2,1-2H3,(H,17,18). The highest BCUT2D eigenvalue weighted by atomic mass is 16.4. The highest BCUT2D eigenvalue weighted by molar-refractivity contribution is 5.88. The van der Waals surface area contributed by atoms with E-state index in [-0.39, 0.29) is 5.56 Å². The summed E-state index contributed by atoms with van der Waals surface area (Å²) >= 11 is 0. The normalized spacial score (nSPS) is 10.3. The van der Waals surface area contributed by atoms with Crippen molar-refractivity contribution in [3.8, 4) is 11.4 Å². The number of aryl methyl sites for hydroxylation is 2. The van der Waals surface area contributed by atoms with Crippen LogP contribution >= 0.6 is 0 Å². The molecule has 1 heterocycles. The van der Waals surface area contributed by atoms with Crippen LogP contribution in [-0.4, -0.2) is 21.0 Å². The van der Waals surface area contributed by atoms with Gasteiger partial charge in [-0.05, 0) is 19.4 Å². The molecule has 92 valence electrons. The number of aromatic nitrogens is 2. The second-order valence-corrected chi connectivity index (χ2v) is 4.08. The molecule has 0 atom stereocenters. The molecule has 0 bridgehead atoms. The Labute approximate surface area is 105 Å². The van der Waals surface area contributed by atoms with Gasteiger partial charge >= 0.3 is 5.97 Å². The van der Waals surface area contributed by atoms with Crippen LogP contribution in [-0.2, 0) is 6.42 Å². The minimum Gasteiger partial charge on any atom is -0.478 e. The van der Waals surface area contributed by atoms with E-state index in [2.05, 4.69) is 9.97 Å². The van der Waals surface area contributed by atoms with Crippen LogP contribution < -0.4 is 0 Å². The lowest BCUT2D eigenvalue weighted by Crippen LogP contribution is -2.06. The molecule has 0 aliphatic heterocycles. The van der Waals surface area contributed by atoms with Gasteiger partial charge in [-0.3, -0.25) is 0 Å². The number of hydrogen-bond donors (Lipinski definition) is 1. The summed E-state index contributed by atoms with van der Waals surface area (Å²) < 4.78 is 0. The molecule has 0 radical (unpaired) electrons. The molecule has 0 unspecified atom stereocenters. The largest absolute Gasteiger partial charge is 0.478 e. The Kier molecular flexibility index (Phi) is 3.37. The highest BCUT2D eigenvalue weighted by Gasteiger charge is 2.12. The number of benzene rings is 1. The zero-order valence-electron chi connectivity index (χ0n) is 10.3. The van der Waals surface area contributed by atoms with Crippen LogP contribution in [0, 0.1) is 6.92 Å². The Morgan fingerprint density at radius 1 is 1.39 bits per heavy atom. The lowest BCUT2D eigenvalue weighted by molar-refractivity contribution is 0.0694. The third-order valence-electron chi connectivity index (χ3n) is 2.71. The Bertz CT molecular complexity index is 594. The third-order valence-corrected chi connectivity index (χ3v) is 2.71. The van der Waals surface area contributed by atoms with E-state index in [4.69, 9.17) is 5.11 Å². The molecule has 0 spiro atoms. The lowest BCUT2D eigenvalue weighted by Gasteiger charge is -2.06. The predicted octanol–water partition coefficient (Wildman–Crippen LogP) is 2.71. The first-order valence-electron chi connectivity index (χ1n) is 5.78. The van der Waals surface area contributed by atoms with Crippen molar-refractivity contribution in [2.45, 2.75) is 20.3 Å². The minimum absolute atomic E-state index is 0.175. The van der Waals surface area contributed by atoms with E-state index in [1.165, 1.54) is 6.20 Å². The van der Waals surface area contributed by atoms with E-state index < -0.39 is 5.97 Å². The van der Waals surface area contributed by atoms with Gasteiger partial charge < -0.3 is 5.11 Å². The van der Waals surface area contributed by atoms with E-state index in [9.17, 15) is 4.79 Å². The summed E-state index contributed by atoms with van der Waals surface area (Å²) in [6.45, 7) is 3.88. The molecular formula is C14H14N2O2. The van der Waals surface area contributed by atoms with Crippen molar-refractivity contribution in [2.24, 2.45) is 0 Å². The second kappa shape index (κ2) is 4.96. The van der Waals surface area contributed by atoms with Gasteiger partial charge in [-0.25, -0.2) is 14.8 Å². The van der Waals surface area contributed by atoms with Crippen LogP contribution in [0.4, 0.5) is 0 Å². The van der Waals surface area contributed by atoms with Crippen molar-refractivity contribution in [3.05, 3.63) is 47.3 Å². The van der Waals surface area contributed by atoms with Gasteiger partial charge in [0.15, 0.2) is 5.82 Å². The number of aromatic carboxylic acids is 1. The predicted molar refractivity (Wildman–Crippen MR) is 68.5 cm³/mol. The molecule has 0 aliphatic rings. The van der Waals surface area contributed by atoms with E-state index in [0.717, 1.165) is 11.1 Å². The summed E-state index contributed by atoms with van der Waals surface area (Å²) in [4.78, 5) is 19.5. The molecule has 1 aromatic heterocycles. The fraction of sp³-hybridized carbons (Fsp3) is 0.214. The smallest absolute Gasteiger partial charge is 0.339 e. The number of carboxylic acid groups (broad SMARTS) is 1. The zero-order valence-corrected chi connectivity index (χ0v) is 10.3. The van der Waals surface area contributed by atoms with Crippen LogP contribution in [0.25, 0.3) is 11.4 Å². The summed E-state index contributed by atoms with van der Waals surface area (Å²) in [6.07, 6.45) is 1.95. The molecule has 2 aromatic rings. The second-order valence-electron chi connectivity index (χ2n) is 4.08. The molecule has 2 rings (SSSR count). The number of carbonyl (C=O) groups is 1. The van der Waals surface area contributed by atoms with Gasteiger partial charge in [0.2, 0.25) is 0 Å². The van der Waals surface area contributed by atoms with Crippen molar-refractivity contribution in [2.75, 3.05) is 0 Å². The monoisotopic (exact) mass is 242 g/mol. The Balaban J connectivity index is 2.51. The lowest BCUT2D eigenvalue weighted by atomic mass is 10.1. The topological polar surface area (TPSA) is 63.1 Å². The molecule has 0 saturated heterocycles. The van der Waals surface area contributed by atoms with Crippen LogP contribution in [0.5, 0.6) is 0 Å². The van der Waals surface area contributed by atoms with E-state index >= 15 is 0 Å². The molecule has 0 saturated carbocycles. The van der Waals surface area contributed by atoms with Gasteiger partial charge in [0.05, 0.1) is 11.3 Å². The van der Waals surface area contributed by atoms with Crippen molar-refractivity contribution in [1.82, 2.24) is 9.97 Å². The number of nitrogens with zero attached hydrogens (tertiary/aromatic N) is 2. The van der Waals surface area contributed by atoms with Gasteiger partial charge in [0.1, 0.15) is 0 Å². The van der Waals surface area contributed by atoms with E-state index in [0.29, 0.717) is 17.9 Å². The highest BCUT2D eigenvalue weighted by Crippen LogP contribution is 2.18. The van der Waals surface area contributed by atoms with E-state index in [1.54, 1.807) is 0 Å². The van der Waals surface area contributed by atoms with Crippen LogP contribution in [0.1, 0.15) is 28.5 Å². The maximum Gasteiger partial charge on any atom is 0.339 e. The molecule has 0 aliphatic carbocycles. The Hall–Kier alpha value is -2.23. The number of carboxylic acids is 1. The van der Waals surface area contributed by atoms with Gasteiger partial charge in [-0.2, -0.15) is 0 Å². The molecule has 4 nitrogen and oxygen atoms in total. The van der Waals surface area contributed by atoms with Crippen molar-refractivity contribution < 1.29 is 9.90 Å². The molecule has 0 fully saturated rings. The average Bonchev–Trinajstić information content (AvgIpc) is 2.37. The molecule has 1 aromatic carbocycles. The molecule has 0 amide bonds. The first-order valence-corrected chi connectivity index (χ1v) is 5.78. The summed E-state index contributed by atoms with van der Waals surface area (Å²) in [6, 6.07) is 7.83. The van der Waals surface area contributed by atoms with Gasteiger partial charge in [0, 0.05) is 11.8 Å². The SMILES string of the molecule is CCc1nc(-c2cccc(C)c2)ncc1C(=O)O. The zero-order chi connectivity index (χ0) is 13.1. The first kappa shape index (κ1) is 12.2. The summed E-state index contributed by atoms with van der Waals surface area (Å²) in [5.41, 5.74) is 2.76. The average molecular weight is 242 g/mol. The Morgan fingerprint density at radius 2 is 2.17 bits per heavy atom. The van der Waals surface area contributed by atoms with E-state index in [1.807, 2.05) is 38.1 Å². The van der Waals surface area contributed by atoms with Crippen LogP contribution in [0.15, 0.2) is 30.5 Å². The number of hydrogen-bond acceptors (Lipinski definition) is 3. The third kappa shape index (κ3) is 2.37. The van der Waals surface area contributed by atoms with Crippen molar-refractivity contribution in [3.63, 3.8) is 0 Å². The van der Waals surface area contributed by atoms with Gasteiger partial charge in [0.25, 0.3) is 0 Å². The minimum atomic E-state index is -0.984. The van der Waals surface area contributed by atoms with Crippen molar-refractivity contribution >= 4 is 5.97 Å². The number of rotatable bonds is 3. The van der Waals surface area contributed by atoms with Crippen LogP contribution in [0.2, 0.25) is 0 Å². The van der Waals surface area contributed by atoms with Crippen LogP contribution in [0.3, 0.4) is 0 Å². The van der Waals surface area contributed by atoms with Gasteiger partial charge in [-0.15, -0.1) is 0 Å². The summed E-state index contributed by atoms with van der Waals surface area (Å²) in [7, 11) is 0. The quantitative estimate of drug-likeness (QED) is 0.898. The molecular weight excluding hydrogens is 228 g/mol. The maximum absolute atomic E-state index is 11.0. The summed E-state index contributed by atoms with van der Waals surface area (Å²) in [5, 5.41) is 9.02. The van der Waals surface area contributed by atoms with Crippen molar-refractivity contribution in [1.29, 1.82) is 0 Å². The summed E-state index contributed by atoms with van der Waals surface area (Å²) in [5.74, 6) is -0.414. The molecule has 4 heteroatoms. The molecule has 18 heavy (non-hydrogen) atoms. The fourth-order valence-corrected chi connectivity index (χ4v) is 1.79. The van der Waals surface area contributed by atoms with Gasteiger partial charge in [-0.1, -0.05) is 30.7 Å². The maximum atomic E-state index is 11.0. The first-order chi connectivity index (χ1) is 8.61.